The Balaban J connectivity index is 2.15. The number of ketones is 1. The lowest BCUT2D eigenvalue weighted by Gasteiger charge is -2.07. The lowest BCUT2D eigenvalue weighted by molar-refractivity contribution is 0.0959. The van der Waals surface area contributed by atoms with Gasteiger partial charge < -0.3 is 0 Å². The maximum atomic E-state index is 13.2. The monoisotopic (exact) mass is 206 g/mol. The van der Waals surface area contributed by atoms with Crippen LogP contribution < -0.4 is 0 Å². The van der Waals surface area contributed by atoms with Gasteiger partial charge in [-0.05, 0) is 36.8 Å². The van der Waals surface area contributed by atoms with E-state index in [0.717, 1.165) is 12.8 Å². The van der Waals surface area contributed by atoms with Crippen LogP contribution in [0.1, 0.15) is 42.1 Å². The molecule has 0 aromatic heterocycles. The first-order chi connectivity index (χ1) is 7.00. The topological polar surface area (TPSA) is 17.1 Å². The Labute approximate surface area is 89.3 Å². The Morgan fingerprint density at radius 1 is 1.47 bits per heavy atom. The van der Waals surface area contributed by atoms with Gasteiger partial charge in [0.2, 0.25) is 0 Å². The molecule has 1 aromatic carbocycles. The van der Waals surface area contributed by atoms with E-state index in [1.807, 2.05) is 0 Å². The standard InChI is InChI=1S/C13H15FO/c1-9-3-4-10(7-11(9)14)12(15)8-13(2)5-6-13/h3-4,7H,5-6,8H2,1-2H3. The number of Topliss-reactive ketones (excluding diaryl/α,β-unsaturated/α-hetero) is 1. The second-order valence-corrected chi connectivity index (χ2v) is 4.87. The van der Waals surface area contributed by atoms with Crippen molar-refractivity contribution in [3.63, 3.8) is 0 Å². The molecule has 15 heavy (non-hydrogen) atoms. The summed E-state index contributed by atoms with van der Waals surface area (Å²) in [5, 5.41) is 0. The molecule has 0 saturated heterocycles. The van der Waals surface area contributed by atoms with Crippen LogP contribution in [0.15, 0.2) is 18.2 Å². The molecular formula is C13H15FO. The Kier molecular flexibility index (Phi) is 2.37. The van der Waals surface area contributed by atoms with Crippen molar-refractivity contribution in [1.29, 1.82) is 0 Å². The predicted molar refractivity (Wildman–Crippen MR) is 57.4 cm³/mol. The lowest BCUT2D eigenvalue weighted by Crippen LogP contribution is -2.06. The Hall–Kier alpha value is -1.18. The summed E-state index contributed by atoms with van der Waals surface area (Å²) in [5.74, 6) is -0.226. The summed E-state index contributed by atoms with van der Waals surface area (Å²) in [7, 11) is 0. The maximum Gasteiger partial charge on any atom is 0.163 e. The van der Waals surface area contributed by atoms with Crippen molar-refractivity contribution in [1.82, 2.24) is 0 Å². The first-order valence-electron chi connectivity index (χ1n) is 5.30. The molecule has 0 atom stereocenters. The van der Waals surface area contributed by atoms with Gasteiger partial charge >= 0.3 is 0 Å². The van der Waals surface area contributed by atoms with E-state index in [2.05, 4.69) is 6.92 Å². The van der Waals surface area contributed by atoms with Crippen molar-refractivity contribution in [3.8, 4) is 0 Å². The summed E-state index contributed by atoms with van der Waals surface area (Å²) in [5.41, 5.74) is 1.29. The smallest absolute Gasteiger partial charge is 0.163 e. The van der Waals surface area contributed by atoms with Crippen LogP contribution in [0.25, 0.3) is 0 Å². The summed E-state index contributed by atoms with van der Waals surface area (Å²) in [4.78, 5) is 11.8. The van der Waals surface area contributed by atoms with Gasteiger partial charge in [0.1, 0.15) is 5.82 Å². The second-order valence-electron chi connectivity index (χ2n) is 4.87. The zero-order valence-electron chi connectivity index (χ0n) is 9.14. The van der Waals surface area contributed by atoms with E-state index in [9.17, 15) is 9.18 Å². The summed E-state index contributed by atoms with van der Waals surface area (Å²) < 4.78 is 13.2. The molecule has 0 bridgehead atoms. The third-order valence-electron chi connectivity index (χ3n) is 3.18. The molecule has 1 aromatic rings. The van der Waals surface area contributed by atoms with Crippen LogP contribution in [0.3, 0.4) is 0 Å². The number of hydrogen-bond acceptors (Lipinski definition) is 1. The normalized spacial score (nSPS) is 17.5. The fourth-order valence-corrected chi connectivity index (χ4v) is 1.65. The summed E-state index contributed by atoms with van der Waals surface area (Å²) in [6, 6.07) is 4.73. The molecule has 1 fully saturated rings. The van der Waals surface area contributed by atoms with Crippen LogP contribution in [0, 0.1) is 18.2 Å². The number of hydrogen-bond donors (Lipinski definition) is 0. The van der Waals surface area contributed by atoms with Gasteiger partial charge in [-0.15, -0.1) is 0 Å². The van der Waals surface area contributed by atoms with Crippen LogP contribution in [-0.2, 0) is 0 Å². The van der Waals surface area contributed by atoms with Crippen LogP contribution in [0.2, 0.25) is 0 Å². The van der Waals surface area contributed by atoms with Gasteiger partial charge in [0.15, 0.2) is 5.78 Å². The Bertz CT molecular complexity index is 405. The minimum absolute atomic E-state index is 0.0638. The summed E-state index contributed by atoms with van der Waals surface area (Å²) in [6.45, 7) is 3.81. The van der Waals surface area contributed by atoms with E-state index < -0.39 is 0 Å². The van der Waals surface area contributed by atoms with Gasteiger partial charge in [-0.1, -0.05) is 19.1 Å². The highest BCUT2D eigenvalue weighted by molar-refractivity contribution is 5.96. The molecule has 0 aliphatic heterocycles. The van der Waals surface area contributed by atoms with Gasteiger partial charge in [-0.3, -0.25) is 4.79 Å². The van der Waals surface area contributed by atoms with Crippen LogP contribution in [-0.4, -0.2) is 5.78 Å². The SMILES string of the molecule is Cc1ccc(C(=O)CC2(C)CC2)cc1F. The molecule has 2 rings (SSSR count). The van der Waals surface area contributed by atoms with E-state index in [4.69, 9.17) is 0 Å². The number of rotatable bonds is 3. The number of benzene rings is 1. The Morgan fingerprint density at radius 2 is 2.13 bits per heavy atom. The molecule has 1 aliphatic rings. The average molecular weight is 206 g/mol. The maximum absolute atomic E-state index is 13.2. The van der Waals surface area contributed by atoms with Crippen LogP contribution >= 0.6 is 0 Å². The van der Waals surface area contributed by atoms with Crippen LogP contribution in [0.4, 0.5) is 4.39 Å². The van der Waals surface area contributed by atoms with Crippen LogP contribution in [0.5, 0.6) is 0 Å². The highest BCUT2D eigenvalue weighted by Gasteiger charge is 2.39. The summed E-state index contributed by atoms with van der Waals surface area (Å²) in [6.07, 6.45) is 2.79. The number of aryl methyl sites for hydroxylation is 1. The van der Waals surface area contributed by atoms with E-state index in [0.29, 0.717) is 17.5 Å². The number of carbonyl (C=O) groups excluding carboxylic acids is 1. The quantitative estimate of drug-likeness (QED) is 0.692. The fraction of sp³-hybridized carbons (Fsp3) is 0.462. The molecule has 0 unspecified atom stereocenters. The van der Waals surface area contributed by atoms with Gasteiger partial charge in [0.25, 0.3) is 0 Å². The van der Waals surface area contributed by atoms with Gasteiger partial charge in [0.05, 0.1) is 0 Å². The zero-order valence-corrected chi connectivity index (χ0v) is 9.14. The molecule has 0 N–H and O–H groups in total. The van der Waals surface area contributed by atoms with Gasteiger partial charge in [-0.25, -0.2) is 4.39 Å². The first-order valence-corrected chi connectivity index (χ1v) is 5.30. The fourth-order valence-electron chi connectivity index (χ4n) is 1.65. The minimum Gasteiger partial charge on any atom is -0.294 e. The predicted octanol–water partition coefficient (Wildman–Crippen LogP) is 3.51. The third-order valence-corrected chi connectivity index (χ3v) is 3.18. The van der Waals surface area contributed by atoms with Crippen molar-refractivity contribution in [2.24, 2.45) is 5.41 Å². The molecule has 1 saturated carbocycles. The van der Waals surface area contributed by atoms with Gasteiger partial charge in [-0.2, -0.15) is 0 Å². The molecule has 1 aliphatic carbocycles. The highest BCUT2D eigenvalue weighted by atomic mass is 19.1. The molecule has 0 spiro atoms. The first kappa shape index (κ1) is 10.3. The van der Waals surface area contributed by atoms with E-state index in [1.165, 1.54) is 6.07 Å². The Morgan fingerprint density at radius 3 is 2.67 bits per heavy atom. The largest absolute Gasteiger partial charge is 0.294 e. The summed E-state index contributed by atoms with van der Waals surface area (Å²) >= 11 is 0. The molecule has 80 valence electrons. The van der Waals surface area contributed by atoms with E-state index >= 15 is 0 Å². The highest BCUT2D eigenvalue weighted by Crippen LogP contribution is 2.48. The van der Waals surface area contributed by atoms with Crippen molar-refractivity contribution in [2.75, 3.05) is 0 Å². The molecule has 0 amide bonds. The third kappa shape index (κ3) is 2.25. The van der Waals surface area contributed by atoms with E-state index in [1.54, 1.807) is 19.1 Å². The molecule has 2 heteroatoms. The minimum atomic E-state index is -0.290. The average Bonchev–Trinajstić information content (AvgIpc) is 2.88. The number of carbonyl (C=O) groups is 1. The van der Waals surface area contributed by atoms with E-state index in [-0.39, 0.29) is 17.0 Å². The van der Waals surface area contributed by atoms with Crippen molar-refractivity contribution in [2.45, 2.75) is 33.1 Å². The van der Waals surface area contributed by atoms with Crippen molar-refractivity contribution >= 4 is 5.78 Å². The number of halogens is 1. The molecule has 1 nitrogen and oxygen atoms in total. The molecule has 0 heterocycles. The molecule has 0 radical (unpaired) electrons. The second kappa shape index (κ2) is 3.44. The van der Waals surface area contributed by atoms with Crippen molar-refractivity contribution in [3.05, 3.63) is 35.1 Å². The lowest BCUT2D eigenvalue weighted by atomic mass is 9.97. The molecular weight excluding hydrogens is 191 g/mol. The zero-order chi connectivity index (χ0) is 11.1. The van der Waals surface area contributed by atoms with Gasteiger partial charge in [0, 0.05) is 12.0 Å². The van der Waals surface area contributed by atoms with Crippen molar-refractivity contribution < 1.29 is 9.18 Å².